The van der Waals surface area contributed by atoms with Gasteiger partial charge in [-0.15, -0.1) is 0 Å². The summed E-state index contributed by atoms with van der Waals surface area (Å²) in [6, 6.07) is 11.8. The minimum atomic E-state index is -3.23. The number of nitrogen functional groups attached to an aromatic ring is 1. The number of rotatable bonds is 5. The summed E-state index contributed by atoms with van der Waals surface area (Å²) in [6.07, 6.45) is -0.301. The van der Waals surface area contributed by atoms with Crippen molar-refractivity contribution >= 4 is 37.3 Å². The highest BCUT2D eigenvalue weighted by Gasteiger charge is 2.66. The Hall–Kier alpha value is -2.75. The number of hydrogen-bond donors (Lipinski definition) is 3. The summed E-state index contributed by atoms with van der Waals surface area (Å²) in [5, 5.41) is 12.4. The molecule has 0 unspecified atom stereocenters. The third-order valence-electron chi connectivity index (χ3n) is 6.94. The van der Waals surface area contributed by atoms with Crippen molar-refractivity contribution in [1.82, 2.24) is 0 Å². The monoisotopic (exact) mass is 471 g/mol. The van der Waals surface area contributed by atoms with Crippen LogP contribution in [0.1, 0.15) is 29.3 Å². The number of aliphatic hydroxyl groups excluding tert-OH is 1. The number of likely N-dealkylation sites (N-methyl/N-ethyl adjacent to an activating group) is 1. The minimum absolute atomic E-state index is 0.150. The molecule has 0 bridgehead atoms. The Bertz CT molecular complexity index is 1090. The zero-order chi connectivity index (χ0) is 24.1. The van der Waals surface area contributed by atoms with Gasteiger partial charge in [-0.25, -0.2) is 0 Å². The van der Waals surface area contributed by atoms with E-state index in [4.69, 9.17) is 10.5 Å². The lowest BCUT2D eigenvalue weighted by molar-refractivity contribution is -0.145. The van der Waals surface area contributed by atoms with Gasteiger partial charge in [0.2, 0.25) is 8.41 Å². The molecule has 1 fully saturated rings. The van der Waals surface area contributed by atoms with Crippen LogP contribution in [0.2, 0.25) is 18.6 Å². The summed E-state index contributed by atoms with van der Waals surface area (Å²) in [4.78, 5) is 27.8. The number of nitrogens with one attached hydrogen (secondary N) is 1. The van der Waals surface area contributed by atoms with E-state index >= 15 is 4.11 Å². The summed E-state index contributed by atoms with van der Waals surface area (Å²) in [6.45, 7) is 4.95. The maximum atomic E-state index is 15.4. The van der Waals surface area contributed by atoms with Crippen LogP contribution in [-0.2, 0) is 15.1 Å². The zero-order valence-electron chi connectivity index (χ0n) is 19.3. The number of anilines is 3. The predicted molar refractivity (Wildman–Crippen MR) is 128 cm³/mol. The van der Waals surface area contributed by atoms with Crippen molar-refractivity contribution in [3.63, 3.8) is 0 Å². The summed E-state index contributed by atoms with van der Waals surface area (Å²) < 4.78 is 21.8. The first-order chi connectivity index (χ1) is 15.5. The number of fused-ring (bicyclic) bond motifs is 2. The van der Waals surface area contributed by atoms with E-state index in [1.165, 1.54) is 4.90 Å². The topological polar surface area (TPSA) is 105 Å². The summed E-state index contributed by atoms with van der Waals surface area (Å²) in [5.41, 5.74) is 6.68. The molecule has 1 spiro atoms. The zero-order valence-corrected chi connectivity index (χ0v) is 20.3. The van der Waals surface area contributed by atoms with E-state index in [1.54, 1.807) is 62.6 Å². The third-order valence-corrected chi connectivity index (χ3v) is 9.39. The number of carbonyl (C=O) groups excluding carboxylic acids is 2. The number of nitrogens with two attached hydrogens (primary N) is 1. The highest BCUT2D eigenvalue weighted by molar-refractivity contribution is 6.72. The van der Waals surface area contributed by atoms with E-state index in [-0.39, 0.29) is 24.8 Å². The van der Waals surface area contributed by atoms with Gasteiger partial charge >= 0.3 is 0 Å². The van der Waals surface area contributed by atoms with Gasteiger partial charge in [0.15, 0.2) is 5.60 Å². The Morgan fingerprint density at radius 1 is 1.27 bits per heavy atom. The molecule has 0 radical (unpaired) electrons. The molecular formula is C24H30FN3O4Si. The number of hydrogen-bond acceptors (Lipinski definition) is 5. The molecule has 2 aliphatic rings. The molecule has 4 N–H and O–H groups in total. The van der Waals surface area contributed by atoms with E-state index in [0.29, 0.717) is 28.2 Å². The van der Waals surface area contributed by atoms with Gasteiger partial charge in [0.05, 0.1) is 11.8 Å². The molecule has 0 aromatic heterocycles. The van der Waals surface area contributed by atoms with E-state index in [1.807, 2.05) is 6.92 Å². The fourth-order valence-corrected chi connectivity index (χ4v) is 8.01. The van der Waals surface area contributed by atoms with Crippen LogP contribution in [-0.4, -0.2) is 45.1 Å². The molecule has 33 heavy (non-hydrogen) atoms. The molecule has 4 atom stereocenters. The van der Waals surface area contributed by atoms with Gasteiger partial charge < -0.3 is 29.9 Å². The van der Waals surface area contributed by atoms with Gasteiger partial charge in [-0.2, -0.15) is 0 Å². The van der Waals surface area contributed by atoms with Crippen LogP contribution < -0.4 is 16.0 Å². The Kier molecular flexibility index (Phi) is 5.84. The molecule has 7 nitrogen and oxygen atoms in total. The Morgan fingerprint density at radius 2 is 1.94 bits per heavy atom. The van der Waals surface area contributed by atoms with E-state index in [2.05, 4.69) is 5.32 Å². The van der Waals surface area contributed by atoms with Gasteiger partial charge in [-0.05, 0) is 62.0 Å². The number of halogens is 1. The van der Waals surface area contributed by atoms with Crippen molar-refractivity contribution in [2.45, 2.75) is 43.7 Å². The molecule has 0 saturated carbocycles. The second kappa shape index (κ2) is 8.23. The van der Waals surface area contributed by atoms with Gasteiger partial charge in [0, 0.05) is 47.6 Å². The maximum Gasteiger partial charge on any atom is 0.264 e. The second-order valence-electron chi connectivity index (χ2n) is 9.46. The van der Waals surface area contributed by atoms with Crippen molar-refractivity contribution in [3.05, 3.63) is 53.6 Å². The average molecular weight is 472 g/mol. The summed E-state index contributed by atoms with van der Waals surface area (Å²) >= 11 is 0. The van der Waals surface area contributed by atoms with Crippen LogP contribution in [0.15, 0.2) is 42.5 Å². The first-order valence-corrected chi connectivity index (χ1v) is 14.0. The summed E-state index contributed by atoms with van der Waals surface area (Å²) in [5.74, 6) is -0.994. The Morgan fingerprint density at radius 3 is 2.55 bits per heavy atom. The third kappa shape index (κ3) is 3.73. The largest absolute Gasteiger partial charge is 0.399 e. The van der Waals surface area contributed by atoms with E-state index in [9.17, 15) is 14.7 Å². The second-order valence-corrected chi connectivity index (χ2v) is 13.3. The first-order valence-electron chi connectivity index (χ1n) is 11.1. The number of aliphatic hydroxyl groups is 1. The normalized spacial score (nSPS) is 26.7. The molecule has 2 aromatic carbocycles. The van der Waals surface area contributed by atoms with Crippen LogP contribution in [0, 0.1) is 5.92 Å². The lowest BCUT2D eigenvalue weighted by Crippen LogP contribution is -2.44. The summed E-state index contributed by atoms with van der Waals surface area (Å²) in [7, 11) is -1.56. The highest BCUT2D eigenvalue weighted by Crippen LogP contribution is 2.60. The van der Waals surface area contributed by atoms with Crippen molar-refractivity contribution < 1.29 is 23.5 Å². The van der Waals surface area contributed by atoms with Gasteiger partial charge in [0.25, 0.3) is 11.8 Å². The van der Waals surface area contributed by atoms with E-state index < -0.39 is 31.6 Å². The van der Waals surface area contributed by atoms with Crippen LogP contribution in [0.25, 0.3) is 0 Å². The molecule has 2 amide bonds. The molecule has 9 heteroatoms. The smallest absolute Gasteiger partial charge is 0.264 e. The highest BCUT2D eigenvalue weighted by atomic mass is 28.4. The molecule has 0 aliphatic carbocycles. The number of amides is 2. The average Bonchev–Trinajstić information content (AvgIpc) is 3.16. The molecular weight excluding hydrogens is 441 g/mol. The number of nitrogens with zero attached hydrogens (tertiary/aromatic N) is 1. The predicted octanol–water partition coefficient (Wildman–Crippen LogP) is 3.65. The number of carbonyl (C=O) groups is 2. The maximum absolute atomic E-state index is 15.4. The Balaban J connectivity index is 1.74. The SMILES string of the molecule is C[C@H]1[C@H]([Si](C)(C)F)[C@@H](CCO)O[C@]12C(=O)N(C)c1ccc(NC(=O)c3ccc(N)cc3)cc12. The van der Waals surface area contributed by atoms with Crippen LogP contribution in [0.5, 0.6) is 0 Å². The van der Waals surface area contributed by atoms with E-state index in [0.717, 1.165) is 0 Å². The fourth-order valence-electron chi connectivity index (χ4n) is 5.47. The fraction of sp³-hybridized carbons (Fsp3) is 0.417. The van der Waals surface area contributed by atoms with Crippen molar-refractivity contribution in [3.8, 4) is 0 Å². The standard InChI is InChI=1S/C24H30FN3O4Si/c1-14-21(33(3,4)25)20(11-12-29)32-24(14)18-13-17(9-10-19(18)28(2)23(24)31)27-22(30)15-5-7-16(26)8-6-15/h5-10,13-14,20-21,29H,11-12,26H2,1-4H3,(H,27,30)/t14-,20+,21-,24+/m0/s1. The number of ether oxygens (including phenoxy) is 1. The molecule has 2 heterocycles. The van der Waals surface area contributed by atoms with Crippen molar-refractivity contribution in [1.29, 1.82) is 0 Å². The molecule has 2 aliphatic heterocycles. The van der Waals surface area contributed by atoms with Gasteiger partial charge in [0.1, 0.15) is 0 Å². The lowest BCUT2D eigenvalue weighted by Gasteiger charge is -2.31. The Labute approximate surface area is 193 Å². The van der Waals surface area contributed by atoms with Gasteiger partial charge in [-0.3, -0.25) is 9.59 Å². The van der Waals surface area contributed by atoms with Gasteiger partial charge in [-0.1, -0.05) is 6.92 Å². The van der Waals surface area contributed by atoms with Crippen LogP contribution in [0.4, 0.5) is 21.2 Å². The molecule has 1 saturated heterocycles. The van der Waals surface area contributed by atoms with Crippen LogP contribution in [0.3, 0.4) is 0 Å². The number of benzene rings is 2. The molecule has 176 valence electrons. The quantitative estimate of drug-likeness (QED) is 0.351. The first kappa shape index (κ1) is 23.4. The van der Waals surface area contributed by atoms with Crippen molar-refractivity contribution in [2.24, 2.45) is 5.92 Å². The minimum Gasteiger partial charge on any atom is -0.399 e. The molecule has 4 rings (SSSR count). The lowest BCUT2D eigenvalue weighted by atomic mass is 9.82. The van der Waals surface area contributed by atoms with Crippen LogP contribution >= 0.6 is 0 Å². The van der Waals surface area contributed by atoms with Crippen molar-refractivity contribution in [2.75, 3.05) is 29.6 Å². The molecule has 2 aromatic rings.